The van der Waals surface area contributed by atoms with Crippen molar-refractivity contribution in [2.45, 2.75) is 26.2 Å². The number of amides is 2. The van der Waals surface area contributed by atoms with Gasteiger partial charge in [-0.3, -0.25) is 14.4 Å². The molecule has 1 fully saturated rings. The molecule has 0 spiro atoms. The highest BCUT2D eigenvalue weighted by atomic mass is 16.4. The summed E-state index contributed by atoms with van der Waals surface area (Å²) in [5.41, 5.74) is 1.16. The summed E-state index contributed by atoms with van der Waals surface area (Å²) in [6.07, 6.45) is 5.79. The second kappa shape index (κ2) is 7.09. The van der Waals surface area contributed by atoms with Crippen molar-refractivity contribution in [2.24, 2.45) is 23.7 Å². The van der Waals surface area contributed by atoms with E-state index in [9.17, 15) is 19.5 Å². The second-order valence-corrected chi connectivity index (χ2v) is 6.71. The van der Waals surface area contributed by atoms with Gasteiger partial charge < -0.3 is 15.7 Å². The van der Waals surface area contributed by atoms with Gasteiger partial charge in [0.2, 0.25) is 11.8 Å². The number of carbonyl (C=O) groups excluding carboxylic acids is 2. The van der Waals surface area contributed by atoms with E-state index in [-0.39, 0.29) is 23.7 Å². The summed E-state index contributed by atoms with van der Waals surface area (Å²) in [5, 5.41) is 15.0. The minimum absolute atomic E-state index is 0.0152. The van der Waals surface area contributed by atoms with Crippen LogP contribution in [0.1, 0.15) is 26.2 Å². The molecule has 0 aliphatic heterocycles. The molecule has 2 aliphatic rings. The number of benzene rings is 1. The highest BCUT2D eigenvalue weighted by molar-refractivity contribution is 5.97. The fourth-order valence-corrected chi connectivity index (χ4v) is 3.87. The van der Waals surface area contributed by atoms with Crippen molar-refractivity contribution in [3.05, 3.63) is 36.4 Å². The average molecular weight is 342 g/mol. The van der Waals surface area contributed by atoms with Crippen LogP contribution in [0.15, 0.2) is 36.4 Å². The van der Waals surface area contributed by atoms with Gasteiger partial charge in [0.15, 0.2) is 0 Å². The number of hydrogen-bond donors (Lipinski definition) is 3. The minimum Gasteiger partial charge on any atom is -0.481 e. The third kappa shape index (κ3) is 3.57. The molecule has 2 aliphatic carbocycles. The van der Waals surface area contributed by atoms with E-state index < -0.39 is 17.8 Å². The zero-order valence-corrected chi connectivity index (χ0v) is 14.1. The molecule has 25 heavy (non-hydrogen) atoms. The molecule has 0 aromatic heterocycles. The number of fused-ring (bicyclic) bond motifs is 2. The largest absolute Gasteiger partial charge is 0.481 e. The van der Waals surface area contributed by atoms with Crippen molar-refractivity contribution >= 4 is 29.2 Å². The molecule has 0 unspecified atom stereocenters. The van der Waals surface area contributed by atoms with Gasteiger partial charge in [0, 0.05) is 17.8 Å². The van der Waals surface area contributed by atoms with Crippen LogP contribution in [-0.2, 0) is 14.4 Å². The third-order valence-corrected chi connectivity index (χ3v) is 4.94. The van der Waals surface area contributed by atoms with Crippen molar-refractivity contribution < 1.29 is 19.5 Å². The summed E-state index contributed by atoms with van der Waals surface area (Å²) in [6.45, 7) is 1.93. The monoisotopic (exact) mass is 342 g/mol. The number of nitrogens with one attached hydrogen (secondary N) is 2. The molecule has 0 radical (unpaired) electrons. The highest BCUT2D eigenvalue weighted by Gasteiger charge is 2.51. The number of rotatable bonds is 6. The van der Waals surface area contributed by atoms with Gasteiger partial charge in [0.05, 0.1) is 11.8 Å². The Morgan fingerprint density at radius 1 is 1.08 bits per heavy atom. The van der Waals surface area contributed by atoms with Crippen molar-refractivity contribution in [1.82, 2.24) is 0 Å². The summed E-state index contributed by atoms with van der Waals surface area (Å²) in [6, 6.07) is 6.91. The Morgan fingerprint density at radius 3 is 2.36 bits per heavy atom. The Bertz CT molecular complexity index is 728. The normalized spacial score (nSPS) is 26.4. The molecule has 0 saturated heterocycles. The maximum absolute atomic E-state index is 12.7. The SMILES string of the molecule is CCCC(=O)Nc1cccc(NC(=O)[C@@H]2[C@@H](C(=O)O)[C@H]3C=C[C@H]2C3)c1. The van der Waals surface area contributed by atoms with E-state index in [0.717, 1.165) is 12.8 Å². The molecule has 2 amide bonds. The Hall–Kier alpha value is -2.63. The summed E-state index contributed by atoms with van der Waals surface area (Å²) >= 11 is 0. The maximum atomic E-state index is 12.7. The van der Waals surface area contributed by atoms with E-state index in [1.54, 1.807) is 24.3 Å². The predicted molar refractivity (Wildman–Crippen MR) is 94.0 cm³/mol. The Morgan fingerprint density at radius 2 is 1.72 bits per heavy atom. The zero-order valence-electron chi connectivity index (χ0n) is 14.1. The number of carbonyl (C=O) groups is 3. The van der Waals surface area contributed by atoms with E-state index in [1.165, 1.54) is 0 Å². The smallest absolute Gasteiger partial charge is 0.307 e. The lowest BCUT2D eigenvalue weighted by Gasteiger charge is -2.24. The molecule has 0 heterocycles. The molecule has 2 bridgehead atoms. The summed E-state index contributed by atoms with van der Waals surface area (Å²) in [4.78, 5) is 35.9. The van der Waals surface area contributed by atoms with Crippen LogP contribution >= 0.6 is 0 Å². The lowest BCUT2D eigenvalue weighted by Crippen LogP contribution is -2.36. The van der Waals surface area contributed by atoms with Gasteiger partial charge in [-0.2, -0.15) is 0 Å². The number of hydrogen-bond acceptors (Lipinski definition) is 3. The summed E-state index contributed by atoms with van der Waals surface area (Å²) < 4.78 is 0. The highest BCUT2D eigenvalue weighted by Crippen LogP contribution is 2.48. The lowest BCUT2D eigenvalue weighted by molar-refractivity contribution is -0.146. The molecule has 3 N–H and O–H groups in total. The van der Waals surface area contributed by atoms with Gasteiger partial charge in [-0.1, -0.05) is 25.1 Å². The van der Waals surface area contributed by atoms with E-state index in [1.807, 2.05) is 19.1 Å². The third-order valence-electron chi connectivity index (χ3n) is 4.94. The van der Waals surface area contributed by atoms with E-state index in [0.29, 0.717) is 17.8 Å². The predicted octanol–water partition coefficient (Wildman–Crippen LogP) is 2.89. The average Bonchev–Trinajstić information content (AvgIpc) is 3.16. The number of anilines is 2. The fraction of sp³-hybridized carbons (Fsp3) is 0.421. The van der Waals surface area contributed by atoms with Crippen LogP contribution in [0.4, 0.5) is 11.4 Å². The van der Waals surface area contributed by atoms with Gasteiger partial charge in [-0.25, -0.2) is 0 Å². The minimum atomic E-state index is -0.919. The van der Waals surface area contributed by atoms with E-state index >= 15 is 0 Å². The van der Waals surface area contributed by atoms with Crippen LogP contribution in [0, 0.1) is 23.7 Å². The standard InChI is InChI=1S/C19H22N2O4/c1-2-4-15(22)20-13-5-3-6-14(10-13)21-18(23)16-11-7-8-12(9-11)17(16)19(24)25/h3,5-8,10-12,16-17H,2,4,9H2,1H3,(H,20,22)(H,21,23)(H,24,25)/t11-,12-,16-,17-/m0/s1. The van der Waals surface area contributed by atoms with Crippen LogP contribution < -0.4 is 10.6 Å². The van der Waals surface area contributed by atoms with Gasteiger partial charge in [0.1, 0.15) is 0 Å². The number of allylic oxidation sites excluding steroid dienone is 2. The van der Waals surface area contributed by atoms with E-state index in [4.69, 9.17) is 0 Å². The van der Waals surface area contributed by atoms with Crippen LogP contribution in [-0.4, -0.2) is 22.9 Å². The first kappa shape index (κ1) is 17.2. The first-order valence-corrected chi connectivity index (χ1v) is 8.61. The van der Waals surface area contributed by atoms with E-state index in [2.05, 4.69) is 10.6 Å². The molecule has 6 nitrogen and oxygen atoms in total. The van der Waals surface area contributed by atoms with Gasteiger partial charge in [-0.05, 0) is 42.9 Å². The molecule has 1 saturated carbocycles. The van der Waals surface area contributed by atoms with Crippen LogP contribution in [0.3, 0.4) is 0 Å². The van der Waals surface area contributed by atoms with Crippen molar-refractivity contribution in [2.75, 3.05) is 10.6 Å². The molecule has 1 aromatic rings. The van der Waals surface area contributed by atoms with Crippen LogP contribution in [0.2, 0.25) is 0 Å². The molecule has 4 atom stereocenters. The van der Waals surface area contributed by atoms with Crippen LogP contribution in [0.5, 0.6) is 0 Å². The topological polar surface area (TPSA) is 95.5 Å². The van der Waals surface area contributed by atoms with Crippen LogP contribution in [0.25, 0.3) is 0 Å². The molecule has 1 aromatic carbocycles. The second-order valence-electron chi connectivity index (χ2n) is 6.71. The molecule has 3 rings (SSSR count). The van der Waals surface area contributed by atoms with Crippen molar-refractivity contribution in [3.63, 3.8) is 0 Å². The Balaban J connectivity index is 1.70. The fourth-order valence-electron chi connectivity index (χ4n) is 3.87. The quantitative estimate of drug-likeness (QED) is 0.693. The van der Waals surface area contributed by atoms with Gasteiger partial charge >= 0.3 is 5.97 Å². The number of carboxylic acid groups (broad SMARTS) is 1. The molecule has 6 heteroatoms. The van der Waals surface area contributed by atoms with Crippen molar-refractivity contribution in [3.8, 4) is 0 Å². The number of carboxylic acids is 1. The van der Waals surface area contributed by atoms with Crippen molar-refractivity contribution in [1.29, 1.82) is 0 Å². The summed E-state index contributed by atoms with van der Waals surface area (Å²) in [5.74, 6) is -2.56. The Kier molecular flexibility index (Phi) is 4.88. The maximum Gasteiger partial charge on any atom is 0.307 e. The first-order valence-electron chi connectivity index (χ1n) is 8.61. The van der Waals surface area contributed by atoms with Gasteiger partial charge in [-0.15, -0.1) is 0 Å². The molecular weight excluding hydrogens is 320 g/mol. The first-order chi connectivity index (χ1) is 12.0. The lowest BCUT2D eigenvalue weighted by atomic mass is 9.82. The summed E-state index contributed by atoms with van der Waals surface area (Å²) in [7, 11) is 0. The Labute approximate surface area is 146 Å². The number of aliphatic carboxylic acids is 1. The zero-order chi connectivity index (χ0) is 18.0. The van der Waals surface area contributed by atoms with Gasteiger partial charge in [0.25, 0.3) is 0 Å². The molecule has 132 valence electrons. The molecular formula is C19H22N2O4.